The van der Waals surface area contributed by atoms with E-state index >= 15 is 0 Å². The molecule has 0 bridgehead atoms. The number of para-hydroxylation sites is 1. The molecule has 1 aromatic carbocycles. The molecule has 1 aromatic rings. The van der Waals surface area contributed by atoms with E-state index < -0.39 is 16.4 Å². The third kappa shape index (κ3) is 5.48. The molecule has 5 heteroatoms. The molecular formula is C14H27NO2Si2. The van der Waals surface area contributed by atoms with Gasteiger partial charge in [-0.15, -0.1) is 0 Å². The van der Waals surface area contributed by atoms with Crippen molar-refractivity contribution in [2.75, 3.05) is 30.6 Å². The molecule has 3 nitrogen and oxygen atoms in total. The molecule has 0 aliphatic carbocycles. The Kier molecular flexibility index (Phi) is 5.79. The Morgan fingerprint density at radius 1 is 1.05 bits per heavy atom. The van der Waals surface area contributed by atoms with E-state index in [0.717, 1.165) is 12.3 Å². The predicted molar refractivity (Wildman–Crippen MR) is 87.7 cm³/mol. The first-order valence-electron chi connectivity index (χ1n) is 6.76. The Morgan fingerprint density at radius 2 is 1.63 bits per heavy atom. The van der Waals surface area contributed by atoms with E-state index in [2.05, 4.69) is 55.4 Å². The summed E-state index contributed by atoms with van der Waals surface area (Å²) in [4.78, 5) is 2.40. The van der Waals surface area contributed by atoms with Gasteiger partial charge in [-0.1, -0.05) is 31.3 Å². The molecule has 0 amide bonds. The molecule has 0 atom stereocenters. The minimum absolute atomic E-state index is 0.325. The number of aliphatic hydroxyl groups is 1. The third-order valence-electron chi connectivity index (χ3n) is 3.29. The average Bonchev–Trinajstić information content (AvgIpc) is 2.38. The highest BCUT2D eigenvalue weighted by Crippen LogP contribution is 2.19. The fourth-order valence-electron chi connectivity index (χ4n) is 1.97. The van der Waals surface area contributed by atoms with Crippen molar-refractivity contribution < 1.29 is 9.53 Å². The summed E-state index contributed by atoms with van der Waals surface area (Å²) in [5, 5.41) is 9.56. The van der Waals surface area contributed by atoms with E-state index in [9.17, 15) is 5.11 Å². The lowest BCUT2D eigenvalue weighted by Gasteiger charge is -2.36. The normalized spacial score (nSPS) is 12.5. The zero-order chi connectivity index (χ0) is 14.5. The Bertz CT molecular complexity index is 364. The molecule has 0 aliphatic rings. The highest BCUT2D eigenvalue weighted by atomic mass is 28.4. The van der Waals surface area contributed by atoms with Gasteiger partial charge in [0.05, 0.1) is 8.07 Å². The second-order valence-electron chi connectivity index (χ2n) is 6.48. The summed E-state index contributed by atoms with van der Waals surface area (Å²) in [7, 11) is -1.45. The van der Waals surface area contributed by atoms with Gasteiger partial charge < -0.3 is 14.4 Å². The molecule has 0 aromatic heterocycles. The maximum Gasteiger partial charge on any atom is 0.205 e. The maximum atomic E-state index is 9.56. The van der Waals surface area contributed by atoms with E-state index in [4.69, 9.17) is 4.43 Å². The van der Waals surface area contributed by atoms with E-state index in [1.165, 1.54) is 5.69 Å². The molecule has 1 rings (SSSR count). The second-order valence-corrected chi connectivity index (χ2v) is 15.7. The summed E-state index contributed by atoms with van der Waals surface area (Å²) in [5.41, 5.74) is 1.23. The van der Waals surface area contributed by atoms with Gasteiger partial charge in [0.25, 0.3) is 0 Å². The van der Waals surface area contributed by atoms with Gasteiger partial charge in [0, 0.05) is 31.4 Å². The van der Waals surface area contributed by atoms with Crippen LogP contribution in [0.5, 0.6) is 0 Å². The van der Waals surface area contributed by atoms with Gasteiger partial charge in [-0.25, -0.2) is 0 Å². The number of rotatable bonds is 7. The van der Waals surface area contributed by atoms with Crippen LogP contribution >= 0.6 is 0 Å². The van der Waals surface area contributed by atoms with Gasteiger partial charge in [-0.3, -0.25) is 0 Å². The van der Waals surface area contributed by atoms with Crippen molar-refractivity contribution in [2.24, 2.45) is 0 Å². The van der Waals surface area contributed by atoms with Crippen molar-refractivity contribution in [3.8, 4) is 0 Å². The highest BCUT2D eigenvalue weighted by Gasteiger charge is 2.29. The van der Waals surface area contributed by atoms with E-state index in [0.29, 0.717) is 6.23 Å². The Morgan fingerprint density at radius 3 is 2.11 bits per heavy atom. The van der Waals surface area contributed by atoms with Crippen LogP contribution in [0.3, 0.4) is 0 Å². The van der Waals surface area contributed by atoms with Gasteiger partial charge in [0.2, 0.25) is 8.32 Å². The van der Waals surface area contributed by atoms with Crippen LogP contribution in [0.25, 0.3) is 0 Å². The quantitative estimate of drug-likeness (QED) is 0.785. The largest absolute Gasteiger partial charge is 0.419 e. The van der Waals surface area contributed by atoms with Crippen LogP contribution in [0.4, 0.5) is 5.69 Å². The molecule has 0 saturated heterocycles. The van der Waals surface area contributed by atoms with E-state index in [1.807, 2.05) is 13.2 Å². The summed E-state index contributed by atoms with van der Waals surface area (Å²) in [6.07, 6.45) is 2.25. The number of hydrogen-bond donors (Lipinski definition) is 1. The minimum atomic E-state index is -1.67. The van der Waals surface area contributed by atoms with Crippen LogP contribution in [0.2, 0.25) is 26.2 Å². The summed E-state index contributed by atoms with van der Waals surface area (Å²) >= 11 is 0. The number of hydrogen-bond acceptors (Lipinski definition) is 3. The maximum absolute atomic E-state index is 9.56. The topological polar surface area (TPSA) is 32.7 Å². The lowest BCUT2D eigenvalue weighted by molar-refractivity contribution is 0.357. The van der Waals surface area contributed by atoms with Crippen LogP contribution in [0, 0.1) is 0 Å². The molecule has 0 fully saturated rings. The van der Waals surface area contributed by atoms with E-state index in [1.54, 1.807) is 0 Å². The van der Waals surface area contributed by atoms with Gasteiger partial charge in [-0.2, -0.15) is 0 Å². The predicted octanol–water partition coefficient (Wildman–Crippen LogP) is 2.66. The molecule has 0 spiro atoms. The van der Waals surface area contributed by atoms with Crippen molar-refractivity contribution in [2.45, 2.75) is 26.2 Å². The molecule has 19 heavy (non-hydrogen) atoms. The first-order chi connectivity index (χ1) is 8.79. The first-order valence-corrected chi connectivity index (χ1v) is 13.3. The fourth-order valence-corrected chi connectivity index (χ4v) is 4.96. The molecule has 0 saturated carbocycles. The average molecular weight is 298 g/mol. The van der Waals surface area contributed by atoms with Crippen molar-refractivity contribution >= 4 is 22.1 Å². The van der Waals surface area contributed by atoms with Gasteiger partial charge in [0.1, 0.15) is 0 Å². The van der Waals surface area contributed by atoms with Gasteiger partial charge in [0.15, 0.2) is 0 Å². The van der Waals surface area contributed by atoms with Gasteiger partial charge in [-0.05, 0) is 25.2 Å². The van der Waals surface area contributed by atoms with E-state index in [-0.39, 0.29) is 0 Å². The van der Waals surface area contributed by atoms with Crippen LogP contribution in [0.1, 0.15) is 0 Å². The number of nitrogens with zero attached hydrogens (tertiary/aromatic N) is 1. The smallest absolute Gasteiger partial charge is 0.205 e. The SMILES string of the molecule is CO[Si](C)(C)CN(C[Si](C)(C)CO)c1ccccc1. The Balaban J connectivity index is 2.92. The lowest BCUT2D eigenvalue weighted by atomic mass is 10.3. The molecule has 0 unspecified atom stereocenters. The summed E-state index contributed by atoms with van der Waals surface area (Å²) < 4.78 is 5.69. The zero-order valence-electron chi connectivity index (χ0n) is 12.8. The number of benzene rings is 1. The van der Waals surface area contributed by atoms with Crippen LogP contribution in [-0.2, 0) is 4.43 Å². The van der Waals surface area contributed by atoms with Crippen LogP contribution in [0.15, 0.2) is 30.3 Å². The number of anilines is 1. The first kappa shape index (κ1) is 16.4. The van der Waals surface area contributed by atoms with Crippen molar-refractivity contribution in [1.82, 2.24) is 0 Å². The molecule has 0 heterocycles. The monoisotopic (exact) mass is 297 g/mol. The summed E-state index contributed by atoms with van der Waals surface area (Å²) in [6.45, 7) is 8.92. The zero-order valence-corrected chi connectivity index (χ0v) is 14.8. The summed E-state index contributed by atoms with van der Waals surface area (Å²) in [6, 6.07) is 10.5. The van der Waals surface area contributed by atoms with Crippen LogP contribution in [-0.4, -0.2) is 47.2 Å². The second kappa shape index (κ2) is 6.70. The molecule has 108 valence electrons. The van der Waals surface area contributed by atoms with Crippen molar-refractivity contribution in [3.05, 3.63) is 30.3 Å². The van der Waals surface area contributed by atoms with Gasteiger partial charge >= 0.3 is 0 Å². The number of aliphatic hydroxyl groups excluding tert-OH is 1. The molecule has 1 N–H and O–H groups in total. The molecule has 0 radical (unpaired) electrons. The van der Waals surface area contributed by atoms with Crippen LogP contribution < -0.4 is 4.90 Å². The molecular weight excluding hydrogens is 270 g/mol. The summed E-state index contributed by atoms with van der Waals surface area (Å²) in [5.74, 6) is 0. The lowest BCUT2D eigenvalue weighted by Crippen LogP contribution is -2.52. The van der Waals surface area contributed by atoms with Crippen molar-refractivity contribution in [3.63, 3.8) is 0 Å². The Hall–Kier alpha value is -0.626. The molecule has 0 aliphatic heterocycles. The standard InChI is InChI=1S/C14H27NO2Si2/c1-17-19(4,5)12-15(11-18(2,3)13-16)14-9-7-6-8-10-14/h6-10,16H,11-13H2,1-5H3. The third-order valence-corrected chi connectivity index (χ3v) is 7.63. The highest BCUT2D eigenvalue weighted by molar-refractivity contribution is 6.78. The van der Waals surface area contributed by atoms with Crippen molar-refractivity contribution in [1.29, 1.82) is 0 Å². The fraction of sp³-hybridized carbons (Fsp3) is 0.571. The minimum Gasteiger partial charge on any atom is -0.419 e. The Labute approximate surface area is 119 Å².